The summed E-state index contributed by atoms with van der Waals surface area (Å²) in [7, 11) is 0. The van der Waals surface area contributed by atoms with Gasteiger partial charge in [0, 0.05) is 24.3 Å². The van der Waals surface area contributed by atoms with E-state index in [1.807, 2.05) is 6.92 Å². The average molecular weight is 263 g/mol. The molecule has 1 aliphatic carbocycles. The summed E-state index contributed by atoms with van der Waals surface area (Å²) in [6.45, 7) is 6.92. The number of amides is 1. The number of rotatable bonds is 4. The maximum absolute atomic E-state index is 12.1. The van der Waals surface area contributed by atoms with Gasteiger partial charge in [0.2, 0.25) is 0 Å². The van der Waals surface area contributed by atoms with Gasteiger partial charge >= 0.3 is 0 Å². The second-order valence-electron chi connectivity index (χ2n) is 5.50. The molecule has 5 nitrogen and oxygen atoms in total. The van der Waals surface area contributed by atoms with Crippen LogP contribution in [0.3, 0.4) is 0 Å². The Kier molecular flexibility index (Phi) is 3.75. The van der Waals surface area contributed by atoms with Crippen LogP contribution in [0.5, 0.6) is 0 Å². The third kappa shape index (κ3) is 2.71. The van der Waals surface area contributed by atoms with E-state index in [0.717, 1.165) is 6.42 Å². The van der Waals surface area contributed by atoms with E-state index < -0.39 is 0 Å². The van der Waals surface area contributed by atoms with E-state index in [4.69, 9.17) is 10.5 Å². The number of carbonyl (C=O) groups is 1. The SMILES string of the molecule is CCOC1CC(NC(=O)c2ccc(N)nc2)C1(C)C. The van der Waals surface area contributed by atoms with Gasteiger partial charge in [-0.25, -0.2) is 4.98 Å². The van der Waals surface area contributed by atoms with Crippen LogP contribution in [0.2, 0.25) is 0 Å². The van der Waals surface area contributed by atoms with Gasteiger partial charge in [-0.2, -0.15) is 0 Å². The molecule has 2 rings (SSSR count). The lowest BCUT2D eigenvalue weighted by Gasteiger charge is -2.51. The molecule has 2 unspecified atom stereocenters. The van der Waals surface area contributed by atoms with Gasteiger partial charge in [-0.1, -0.05) is 13.8 Å². The lowest BCUT2D eigenvalue weighted by Crippen LogP contribution is -2.62. The number of hydrogen-bond donors (Lipinski definition) is 2. The monoisotopic (exact) mass is 263 g/mol. The topological polar surface area (TPSA) is 77.2 Å². The number of ether oxygens (including phenoxy) is 1. The molecule has 0 spiro atoms. The van der Waals surface area contributed by atoms with Crippen LogP contribution in [0.4, 0.5) is 5.82 Å². The molecule has 2 atom stereocenters. The molecule has 0 aliphatic heterocycles. The van der Waals surface area contributed by atoms with Crippen LogP contribution in [0.15, 0.2) is 18.3 Å². The predicted octanol–water partition coefficient (Wildman–Crippen LogP) is 1.60. The van der Waals surface area contributed by atoms with Gasteiger partial charge < -0.3 is 15.8 Å². The fourth-order valence-electron chi connectivity index (χ4n) is 2.40. The minimum absolute atomic E-state index is 0.0348. The molecular weight excluding hydrogens is 242 g/mol. The number of nitrogens with two attached hydrogens (primary N) is 1. The van der Waals surface area contributed by atoms with Crippen molar-refractivity contribution in [2.75, 3.05) is 12.3 Å². The Labute approximate surface area is 113 Å². The highest BCUT2D eigenvalue weighted by molar-refractivity contribution is 5.94. The summed E-state index contributed by atoms with van der Waals surface area (Å²) in [5.74, 6) is 0.303. The average Bonchev–Trinajstić information content (AvgIpc) is 2.38. The maximum Gasteiger partial charge on any atom is 0.253 e. The number of nitrogens with one attached hydrogen (secondary N) is 1. The van der Waals surface area contributed by atoms with Crippen molar-refractivity contribution in [1.82, 2.24) is 10.3 Å². The highest BCUT2D eigenvalue weighted by Gasteiger charge is 2.49. The lowest BCUT2D eigenvalue weighted by atomic mass is 9.64. The number of aromatic nitrogens is 1. The Morgan fingerprint density at radius 2 is 2.32 bits per heavy atom. The number of pyridine rings is 1. The molecule has 0 bridgehead atoms. The number of anilines is 1. The minimum atomic E-state index is -0.111. The first-order valence-corrected chi connectivity index (χ1v) is 6.59. The summed E-state index contributed by atoms with van der Waals surface area (Å²) in [6, 6.07) is 3.45. The second kappa shape index (κ2) is 5.17. The van der Waals surface area contributed by atoms with E-state index in [1.54, 1.807) is 12.1 Å². The molecule has 5 heteroatoms. The molecular formula is C14H21N3O2. The molecule has 1 aromatic rings. The molecule has 1 saturated carbocycles. The molecule has 1 heterocycles. The van der Waals surface area contributed by atoms with Crippen molar-refractivity contribution in [3.8, 4) is 0 Å². The van der Waals surface area contributed by atoms with Crippen molar-refractivity contribution in [3.63, 3.8) is 0 Å². The Morgan fingerprint density at radius 1 is 1.58 bits per heavy atom. The van der Waals surface area contributed by atoms with Gasteiger partial charge in [0.15, 0.2) is 0 Å². The predicted molar refractivity (Wildman–Crippen MR) is 73.7 cm³/mol. The van der Waals surface area contributed by atoms with E-state index in [-0.39, 0.29) is 23.5 Å². The summed E-state index contributed by atoms with van der Waals surface area (Å²) in [5.41, 5.74) is 6.00. The summed E-state index contributed by atoms with van der Waals surface area (Å²) < 4.78 is 5.65. The zero-order valence-electron chi connectivity index (χ0n) is 11.6. The van der Waals surface area contributed by atoms with Gasteiger partial charge in [-0.3, -0.25) is 4.79 Å². The van der Waals surface area contributed by atoms with E-state index >= 15 is 0 Å². The fourth-order valence-corrected chi connectivity index (χ4v) is 2.40. The Balaban J connectivity index is 1.96. The number of hydrogen-bond acceptors (Lipinski definition) is 4. The van der Waals surface area contributed by atoms with E-state index in [2.05, 4.69) is 24.1 Å². The first-order chi connectivity index (χ1) is 8.95. The first-order valence-electron chi connectivity index (χ1n) is 6.59. The molecule has 1 aromatic heterocycles. The maximum atomic E-state index is 12.1. The molecule has 104 valence electrons. The van der Waals surface area contributed by atoms with Crippen LogP contribution >= 0.6 is 0 Å². The molecule has 0 aromatic carbocycles. The van der Waals surface area contributed by atoms with Crippen LogP contribution in [0, 0.1) is 5.41 Å². The quantitative estimate of drug-likeness (QED) is 0.865. The second-order valence-corrected chi connectivity index (χ2v) is 5.50. The van der Waals surface area contributed by atoms with E-state index in [1.165, 1.54) is 6.20 Å². The van der Waals surface area contributed by atoms with Crippen LogP contribution in [0.1, 0.15) is 37.6 Å². The van der Waals surface area contributed by atoms with Crippen LogP contribution in [0.25, 0.3) is 0 Å². The number of nitrogens with zero attached hydrogens (tertiary/aromatic N) is 1. The zero-order valence-corrected chi connectivity index (χ0v) is 11.6. The van der Waals surface area contributed by atoms with E-state index in [0.29, 0.717) is 18.0 Å². The first kappa shape index (κ1) is 13.8. The smallest absolute Gasteiger partial charge is 0.253 e. The molecule has 0 radical (unpaired) electrons. The lowest BCUT2D eigenvalue weighted by molar-refractivity contribution is -0.111. The standard InChI is InChI=1S/C14H21N3O2/c1-4-19-11-7-10(14(11,2)3)17-13(18)9-5-6-12(15)16-8-9/h5-6,8,10-11H,4,7H2,1-3H3,(H2,15,16)(H,17,18). The summed E-state index contributed by atoms with van der Waals surface area (Å²) >= 11 is 0. The van der Waals surface area contributed by atoms with Crippen LogP contribution < -0.4 is 11.1 Å². The highest BCUT2D eigenvalue weighted by Crippen LogP contribution is 2.42. The Bertz CT molecular complexity index is 456. The molecule has 0 saturated heterocycles. The van der Waals surface area contributed by atoms with Crippen molar-refractivity contribution in [1.29, 1.82) is 0 Å². The summed E-state index contributed by atoms with van der Waals surface area (Å²) in [5, 5.41) is 3.03. The van der Waals surface area contributed by atoms with Gasteiger partial charge in [-0.15, -0.1) is 0 Å². The Hall–Kier alpha value is -1.62. The zero-order chi connectivity index (χ0) is 14.0. The van der Waals surface area contributed by atoms with Gasteiger partial charge in [0.1, 0.15) is 5.82 Å². The third-order valence-electron chi connectivity index (χ3n) is 3.90. The fraction of sp³-hybridized carbons (Fsp3) is 0.571. The molecule has 1 fully saturated rings. The van der Waals surface area contributed by atoms with E-state index in [9.17, 15) is 4.79 Å². The van der Waals surface area contributed by atoms with Gasteiger partial charge in [-0.05, 0) is 25.5 Å². The van der Waals surface area contributed by atoms with Crippen molar-refractivity contribution < 1.29 is 9.53 Å². The van der Waals surface area contributed by atoms with Gasteiger partial charge in [0.05, 0.1) is 11.7 Å². The summed E-state index contributed by atoms with van der Waals surface area (Å²) in [4.78, 5) is 16.0. The van der Waals surface area contributed by atoms with Crippen molar-refractivity contribution in [3.05, 3.63) is 23.9 Å². The Morgan fingerprint density at radius 3 is 2.84 bits per heavy atom. The minimum Gasteiger partial charge on any atom is -0.384 e. The van der Waals surface area contributed by atoms with Crippen molar-refractivity contribution in [2.24, 2.45) is 5.41 Å². The molecule has 3 N–H and O–H groups in total. The normalized spacial score (nSPS) is 24.6. The summed E-state index contributed by atoms with van der Waals surface area (Å²) in [6.07, 6.45) is 2.57. The van der Waals surface area contributed by atoms with Gasteiger partial charge in [0.25, 0.3) is 5.91 Å². The molecule has 19 heavy (non-hydrogen) atoms. The van der Waals surface area contributed by atoms with Crippen molar-refractivity contribution >= 4 is 11.7 Å². The van der Waals surface area contributed by atoms with Crippen molar-refractivity contribution in [2.45, 2.75) is 39.3 Å². The number of nitrogen functional groups attached to an aromatic ring is 1. The molecule has 1 amide bonds. The highest BCUT2D eigenvalue weighted by atomic mass is 16.5. The number of carbonyl (C=O) groups excluding carboxylic acids is 1. The molecule has 1 aliphatic rings. The van der Waals surface area contributed by atoms with Crippen LogP contribution in [-0.2, 0) is 4.74 Å². The third-order valence-corrected chi connectivity index (χ3v) is 3.90. The largest absolute Gasteiger partial charge is 0.384 e. The van der Waals surface area contributed by atoms with Crippen LogP contribution in [-0.4, -0.2) is 29.6 Å².